The topological polar surface area (TPSA) is 72.2 Å². The zero-order chi connectivity index (χ0) is 13.9. The lowest BCUT2D eigenvalue weighted by molar-refractivity contribution is 0.102. The molecule has 0 atom stereocenters. The van der Waals surface area contributed by atoms with Crippen molar-refractivity contribution in [3.8, 4) is 0 Å². The van der Waals surface area contributed by atoms with E-state index < -0.39 is 0 Å². The van der Waals surface area contributed by atoms with Crippen LogP contribution in [0, 0.1) is 0 Å². The van der Waals surface area contributed by atoms with Gasteiger partial charge in [-0.2, -0.15) is 5.10 Å². The van der Waals surface area contributed by atoms with E-state index in [9.17, 15) is 4.79 Å². The maximum absolute atomic E-state index is 12.2. The van der Waals surface area contributed by atoms with Gasteiger partial charge in [0.15, 0.2) is 0 Å². The molecular formula is C13H13N5OS. The van der Waals surface area contributed by atoms with Crippen LogP contribution in [0.2, 0.25) is 0 Å². The van der Waals surface area contributed by atoms with E-state index in [1.807, 2.05) is 24.4 Å². The lowest BCUT2D eigenvalue weighted by atomic mass is 10.2. The lowest BCUT2D eigenvalue weighted by Gasteiger charge is -2.04. The zero-order valence-electron chi connectivity index (χ0n) is 10.9. The highest BCUT2D eigenvalue weighted by Crippen LogP contribution is 2.17. The quantitative estimate of drug-likeness (QED) is 0.799. The zero-order valence-corrected chi connectivity index (χ0v) is 11.7. The monoisotopic (exact) mass is 287 g/mol. The second-order valence-corrected chi connectivity index (χ2v) is 5.12. The van der Waals surface area contributed by atoms with Crippen molar-refractivity contribution < 1.29 is 4.79 Å². The first-order chi connectivity index (χ1) is 9.78. The van der Waals surface area contributed by atoms with Crippen LogP contribution in [0.3, 0.4) is 0 Å². The number of nitrogens with zero attached hydrogens (tertiary/aromatic N) is 4. The highest BCUT2D eigenvalue weighted by Gasteiger charge is 2.15. The van der Waals surface area contributed by atoms with E-state index in [2.05, 4.69) is 26.9 Å². The Morgan fingerprint density at radius 1 is 1.45 bits per heavy atom. The Morgan fingerprint density at radius 3 is 3.20 bits per heavy atom. The number of carbonyl (C=O) groups excluding carboxylic acids is 1. The molecule has 0 saturated carbocycles. The van der Waals surface area contributed by atoms with Crippen LogP contribution in [0.25, 0.3) is 5.52 Å². The summed E-state index contributed by atoms with van der Waals surface area (Å²) < 4.78 is 5.60. The summed E-state index contributed by atoms with van der Waals surface area (Å²) in [6, 6.07) is 5.57. The van der Waals surface area contributed by atoms with Crippen LogP contribution in [0.4, 0.5) is 5.69 Å². The number of aromatic nitrogens is 4. The molecule has 0 saturated heterocycles. The fourth-order valence-corrected chi connectivity index (χ4v) is 2.57. The normalized spacial score (nSPS) is 10.8. The summed E-state index contributed by atoms with van der Waals surface area (Å²) in [5.41, 5.74) is 2.43. The molecule has 0 aliphatic rings. The molecule has 1 amide bonds. The number of carbonyl (C=O) groups is 1. The number of nitrogens with one attached hydrogen (secondary N) is 1. The molecule has 3 aromatic heterocycles. The van der Waals surface area contributed by atoms with Crippen molar-refractivity contribution in [2.75, 3.05) is 5.32 Å². The molecule has 3 heterocycles. The van der Waals surface area contributed by atoms with Gasteiger partial charge in [0.25, 0.3) is 5.91 Å². The minimum Gasteiger partial charge on any atom is -0.321 e. The van der Waals surface area contributed by atoms with E-state index in [-0.39, 0.29) is 5.91 Å². The van der Waals surface area contributed by atoms with E-state index in [1.54, 1.807) is 10.7 Å². The van der Waals surface area contributed by atoms with Crippen LogP contribution < -0.4 is 5.32 Å². The van der Waals surface area contributed by atoms with Gasteiger partial charge in [-0.1, -0.05) is 17.8 Å². The van der Waals surface area contributed by atoms with Crippen LogP contribution in [-0.4, -0.2) is 25.1 Å². The number of anilines is 1. The standard InChI is InChI=1S/C13H13N5OS/c1-2-3-11-12(20-17-16-11)13(19)15-9-5-7-18-10(8-9)4-6-14-18/h4-8H,2-3H2,1H3,(H,15,19). The first-order valence-corrected chi connectivity index (χ1v) is 7.11. The highest BCUT2D eigenvalue weighted by atomic mass is 32.1. The summed E-state index contributed by atoms with van der Waals surface area (Å²) in [6.45, 7) is 2.05. The summed E-state index contributed by atoms with van der Waals surface area (Å²) in [7, 11) is 0. The molecule has 3 aromatic rings. The van der Waals surface area contributed by atoms with Gasteiger partial charge in [-0.25, -0.2) is 4.52 Å². The molecule has 0 unspecified atom stereocenters. The van der Waals surface area contributed by atoms with Crippen molar-refractivity contribution in [1.29, 1.82) is 0 Å². The van der Waals surface area contributed by atoms with Gasteiger partial charge in [0.1, 0.15) is 4.88 Å². The number of amides is 1. The lowest BCUT2D eigenvalue weighted by Crippen LogP contribution is -2.12. The number of rotatable bonds is 4. The summed E-state index contributed by atoms with van der Waals surface area (Å²) >= 11 is 1.13. The molecule has 3 rings (SSSR count). The largest absolute Gasteiger partial charge is 0.321 e. The molecule has 20 heavy (non-hydrogen) atoms. The molecular weight excluding hydrogens is 274 g/mol. The van der Waals surface area contributed by atoms with Crippen molar-refractivity contribution in [1.82, 2.24) is 19.2 Å². The highest BCUT2D eigenvalue weighted by molar-refractivity contribution is 7.08. The molecule has 0 radical (unpaired) electrons. The van der Waals surface area contributed by atoms with Crippen molar-refractivity contribution in [3.05, 3.63) is 41.2 Å². The summed E-state index contributed by atoms with van der Waals surface area (Å²) in [5, 5.41) is 11.0. The Bertz CT molecular complexity index is 748. The first kappa shape index (κ1) is 12.7. The van der Waals surface area contributed by atoms with Gasteiger partial charge in [-0.3, -0.25) is 4.79 Å². The van der Waals surface area contributed by atoms with Crippen LogP contribution in [0.5, 0.6) is 0 Å². The predicted molar refractivity (Wildman–Crippen MR) is 77.0 cm³/mol. The number of fused-ring (bicyclic) bond motifs is 1. The summed E-state index contributed by atoms with van der Waals surface area (Å²) in [6.07, 6.45) is 5.23. The van der Waals surface area contributed by atoms with Gasteiger partial charge >= 0.3 is 0 Å². The van der Waals surface area contributed by atoms with Gasteiger partial charge in [-0.15, -0.1) is 5.10 Å². The maximum Gasteiger partial charge on any atom is 0.269 e. The van der Waals surface area contributed by atoms with Crippen LogP contribution in [0.15, 0.2) is 30.6 Å². The van der Waals surface area contributed by atoms with Crippen LogP contribution in [0.1, 0.15) is 28.7 Å². The van der Waals surface area contributed by atoms with Crippen LogP contribution >= 0.6 is 11.5 Å². The third-order valence-corrected chi connectivity index (χ3v) is 3.67. The summed E-state index contributed by atoms with van der Waals surface area (Å²) in [5.74, 6) is -0.160. The molecule has 0 aromatic carbocycles. The van der Waals surface area contributed by atoms with Gasteiger partial charge in [0, 0.05) is 18.1 Å². The van der Waals surface area contributed by atoms with Gasteiger partial charge in [-0.05, 0) is 36.2 Å². The molecule has 6 nitrogen and oxygen atoms in total. The Hall–Kier alpha value is -2.28. The predicted octanol–water partition coefficient (Wildman–Crippen LogP) is 2.39. The van der Waals surface area contributed by atoms with Crippen molar-refractivity contribution in [3.63, 3.8) is 0 Å². The second kappa shape index (κ2) is 5.38. The average molecular weight is 287 g/mol. The number of aryl methyl sites for hydroxylation is 1. The fraction of sp³-hybridized carbons (Fsp3) is 0.231. The van der Waals surface area contributed by atoms with E-state index in [1.165, 1.54) is 0 Å². The molecule has 0 aliphatic heterocycles. The molecule has 0 bridgehead atoms. The number of pyridine rings is 1. The van der Waals surface area contributed by atoms with Crippen LogP contribution in [-0.2, 0) is 6.42 Å². The van der Waals surface area contributed by atoms with Gasteiger partial charge in [0.2, 0.25) is 0 Å². The van der Waals surface area contributed by atoms with Crippen molar-refractivity contribution in [2.24, 2.45) is 0 Å². The Kier molecular flexibility index (Phi) is 3.42. The SMILES string of the molecule is CCCc1nnsc1C(=O)Nc1ccn2nccc2c1. The first-order valence-electron chi connectivity index (χ1n) is 6.34. The second-order valence-electron chi connectivity index (χ2n) is 4.37. The van der Waals surface area contributed by atoms with E-state index in [0.29, 0.717) is 4.88 Å². The smallest absolute Gasteiger partial charge is 0.269 e. The average Bonchev–Trinajstić information content (AvgIpc) is 3.07. The summed E-state index contributed by atoms with van der Waals surface area (Å²) in [4.78, 5) is 12.8. The van der Waals surface area contributed by atoms with Gasteiger partial charge < -0.3 is 5.32 Å². The Balaban J connectivity index is 1.82. The minimum atomic E-state index is -0.160. The third-order valence-electron chi connectivity index (χ3n) is 2.91. The maximum atomic E-state index is 12.2. The Morgan fingerprint density at radius 2 is 2.35 bits per heavy atom. The van der Waals surface area contributed by atoms with E-state index in [4.69, 9.17) is 0 Å². The Labute approximate surface area is 119 Å². The third kappa shape index (κ3) is 2.39. The minimum absolute atomic E-state index is 0.160. The van der Waals surface area contributed by atoms with E-state index >= 15 is 0 Å². The van der Waals surface area contributed by atoms with Gasteiger partial charge in [0.05, 0.1) is 11.2 Å². The van der Waals surface area contributed by atoms with E-state index in [0.717, 1.165) is 41.3 Å². The molecule has 0 fully saturated rings. The van der Waals surface area contributed by atoms with Crippen molar-refractivity contribution in [2.45, 2.75) is 19.8 Å². The molecule has 0 aliphatic carbocycles. The number of hydrogen-bond donors (Lipinski definition) is 1. The molecule has 1 N–H and O–H groups in total. The molecule has 7 heteroatoms. The van der Waals surface area contributed by atoms with Crippen molar-refractivity contribution >= 4 is 28.6 Å². The number of hydrogen-bond acceptors (Lipinski definition) is 5. The molecule has 0 spiro atoms. The molecule has 102 valence electrons. The fourth-order valence-electron chi connectivity index (χ4n) is 1.97.